The number of aryl methyl sites for hydroxylation is 3. The topological polar surface area (TPSA) is 61.4 Å². The minimum atomic E-state index is -0.0415. The van der Waals surface area contributed by atoms with Crippen LogP contribution in [0.3, 0.4) is 0 Å². The summed E-state index contributed by atoms with van der Waals surface area (Å²) in [5, 5.41) is 3.04. The highest BCUT2D eigenvalue weighted by Gasteiger charge is 2.22. The van der Waals surface area contributed by atoms with Crippen molar-refractivity contribution in [2.75, 3.05) is 36.4 Å². The largest absolute Gasteiger partial charge is 0.352 e. The van der Waals surface area contributed by atoms with Crippen LogP contribution in [0.15, 0.2) is 30.7 Å². The summed E-state index contributed by atoms with van der Waals surface area (Å²) in [6, 6.07) is 4.11. The molecule has 24 heavy (non-hydrogen) atoms. The van der Waals surface area contributed by atoms with Gasteiger partial charge in [0.2, 0.25) is 0 Å². The molecule has 0 atom stereocenters. The van der Waals surface area contributed by atoms with Crippen LogP contribution >= 0.6 is 0 Å². The van der Waals surface area contributed by atoms with E-state index in [2.05, 4.69) is 40.1 Å². The number of aromatic nitrogens is 2. The minimum Gasteiger partial charge on any atom is -0.352 e. The molecule has 1 aromatic heterocycles. The summed E-state index contributed by atoms with van der Waals surface area (Å²) >= 11 is 0. The van der Waals surface area contributed by atoms with Gasteiger partial charge in [0.05, 0.1) is 6.20 Å². The predicted molar refractivity (Wildman–Crippen MR) is 95.5 cm³/mol. The van der Waals surface area contributed by atoms with Gasteiger partial charge in [-0.2, -0.15) is 0 Å². The number of benzene rings is 1. The van der Waals surface area contributed by atoms with Crippen molar-refractivity contribution in [3.8, 4) is 0 Å². The maximum Gasteiger partial charge on any atom is 0.321 e. The third-order valence-electron chi connectivity index (χ3n) is 4.52. The molecule has 1 saturated heterocycles. The molecule has 1 aliphatic heterocycles. The molecule has 1 aliphatic rings. The number of carbonyl (C=O) groups excluding carboxylic acids is 1. The van der Waals surface area contributed by atoms with Gasteiger partial charge in [0.15, 0.2) is 0 Å². The first-order valence-electron chi connectivity index (χ1n) is 8.19. The van der Waals surface area contributed by atoms with Crippen LogP contribution in [0.4, 0.5) is 16.3 Å². The number of nitrogens with zero attached hydrogens (tertiary/aromatic N) is 4. The number of carbonyl (C=O) groups is 1. The molecule has 6 nitrogen and oxygen atoms in total. The van der Waals surface area contributed by atoms with Crippen LogP contribution in [0.1, 0.15) is 16.7 Å². The summed E-state index contributed by atoms with van der Waals surface area (Å²) in [4.78, 5) is 24.9. The molecular weight excluding hydrogens is 302 g/mol. The number of hydrogen-bond donors (Lipinski definition) is 1. The van der Waals surface area contributed by atoms with Crippen molar-refractivity contribution in [2.45, 2.75) is 20.8 Å². The Hall–Kier alpha value is -2.63. The Labute approximate surface area is 142 Å². The Morgan fingerprint density at radius 2 is 1.71 bits per heavy atom. The van der Waals surface area contributed by atoms with Crippen molar-refractivity contribution in [1.82, 2.24) is 14.9 Å². The second kappa shape index (κ2) is 6.86. The highest BCUT2D eigenvalue weighted by atomic mass is 16.2. The lowest BCUT2D eigenvalue weighted by Gasteiger charge is -2.35. The molecule has 3 rings (SSSR count). The summed E-state index contributed by atoms with van der Waals surface area (Å²) in [5.74, 6) is 0.863. The number of urea groups is 1. The van der Waals surface area contributed by atoms with E-state index in [4.69, 9.17) is 0 Å². The van der Waals surface area contributed by atoms with Crippen LogP contribution in [-0.2, 0) is 0 Å². The lowest BCUT2D eigenvalue weighted by molar-refractivity contribution is 0.208. The maximum absolute atomic E-state index is 12.5. The van der Waals surface area contributed by atoms with E-state index in [9.17, 15) is 4.79 Å². The summed E-state index contributed by atoms with van der Waals surface area (Å²) in [7, 11) is 0. The smallest absolute Gasteiger partial charge is 0.321 e. The zero-order valence-electron chi connectivity index (χ0n) is 14.4. The summed E-state index contributed by atoms with van der Waals surface area (Å²) < 4.78 is 0. The van der Waals surface area contributed by atoms with Crippen LogP contribution < -0.4 is 10.2 Å². The molecule has 2 aromatic rings. The SMILES string of the molecule is Cc1cc(C)c(NC(=O)N2CCN(c3cnccn3)CC2)cc1C. The fraction of sp³-hybridized carbons (Fsp3) is 0.389. The van der Waals surface area contributed by atoms with Gasteiger partial charge >= 0.3 is 6.03 Å². The molecule has 1 N–H and O–H groups in total. The van der Waals surface area contributed by atoms with Gasteiger partial charge in [0.25, 0.3) is 0 Å². The zero-order valence-corrected chi connectivity index (χ0v) is 14.4. The van der Waals surface area contributed by atoms with E-state index < -0.39 is 0 Å². The molecular formula is C18H23N5O. The summed E-state index contributed by atoms with van der Waals surface area (Å²) in [5.41, 5.74) is 4.40. The van der Waals surface area contributed by atoms with E-state index >= 15 is 0 Å². The van der Waals surface area contributed by atoms with Crippen molar-refractivity contribution < 1.29 is 4.79 Å². The predicted octanol–water partition coefficient (Wildman–Crippen LogP) is 2.76. The molecule has 0 aliphatic carbocycles. The Morgan fingerprint density at radius 1 is 1.00 bits per heavy atom. The molecule has 6 heteroatoms. The highest BCUT2D eigenvalue weighted by Crippen LogP contribution is 2.21. The lowest BCUT2D eigenvalue weighted by Crippen LogP contribution is -2.50. The number of rotatable bonds is 2. The quantitative estimate of drug-likeness (QED) is 0.922. The van der Waals surface area contributed by atoms with Gasteiger partial charge in [-0.15, -0.1) is 0 Å². The highest BCUT2D eigenvalue weighted by molar-refractivity contribution is 5.90. The van der Waals surface area contributed by atoms with E-state index in [0.717, 1.165) is 30.2 Å². The van der Waals surface area contributed by atoms with Crippen LogP contribution in [0.25, 0.3) is 0 Å². The molecule has 2 amide bonds. The normalized spacial score (nSPS) is 14.6. The van der Waals surface area contributed by atoms with Gasteiger partial charge in [-0.25, -0.2) is 9.78 Å². The Kier molecular flexibility index (Phi) is 4.64. The fourth-order valence-corrected chi connectivity index (χ4v) is 2.88. The van der Waals surface area contributed by atoms with Crippen molar-refractivity contribution in [1.29, 1.82) is 0 Å². The Bertz CT molecular complexity index is 724. The first kappa shape index (κ1) is 16.2. The first-order valence-corrected chi connectivity index (χ1v) is 8.19. The van der Waals surface area contributed by atoms with Gasteiger partial charge < -0.3 is 15.1 Å². The average molecular weight is 325 g/mol. The van der Waals surface area contributed by atoms with E-state index in [1.165, 1.54) is 11.1 Å². The Morgan fingerprint density at radius 3 is 2.38 bits per heavy atom. The molecule has 1 aromatic carbocycles. The lowest BCUT2D eigenvalue weighted by atomic mass is 10.1. The Balaban J connectivity index is 1.61. The molecule has 2 heterocycles. The second-order valence-corrected chi connectivity index (χ2v) is 6.22. The molecule has 0 radical (unpaired) electrons. The zero-order chi connectivity index (χ0) is 17.1. The molecule has 0 unspecified atom stereocenters. The maximum atomic E-state index is 12.5. The molecule has 0 spiro atoms. The standard InChI is InChI=1S/C18H23N5O/c1-13-10-15(3)16(11-14(13)2)21-18(24)23-8-6-22(7-9-23)17-12-19-4-5-20-17/h4-5,10-12H,6-9H2,1-3H3,(H,21,24). The van der Waals surface area contributed by atoms with Crippen LogP contribution in [0, 0.1) is 20.8 Å². The molecule has 1 fully saturated rings. The van der Waals surface area contributed by atoms with Crippen LogP contribution in [0.2, 0.25) is 0 Å². The second-order valence-electron chi connectivity index (χ2n) is 6.22. The summed E-state index contributed by atoms with van der Waals surface area (Å²) in [6.07, 6.45) is 5.12. The van der Waals surface area contributed by atoms with Crippen molar-refractivity contribution >= 4 is 17.5 Å². The molecule has 0 bridgehead atoms. The third-order valence-corrected chi connectivity index (χ3v) is 4.52. The van der Waals surface area contributed by atoms with Gasteiger partial charge in [0.1, 0.15) is 5.82 Å². The molecule has 0 saturated carbocycles. The minimum absolute atomic E-state index is 0.0415. The van der Waals surface area contributed by atoms with Gasteiger partial charge in [-0.05, 0) is 43.5 Å². The van der Waals surface area contributed by atoms with Crippen LogP contribution in [-0.4, -0.2) is 47.1 Å². The van der Waals surface area contributed by atoms with Gasteiger partial charge in [0, 0.05) is 44.3 Å². The number of hydrogen-bond acceptors (Lipinski definition) is 4. The number of amides is 2. The number of piperazine rings is 1. The number of anilines is 2. The van der Waals surface area contributed by atoms with Crippen molar-refractivity contribution in [3.63, 3.8) is 0 Å². The monoisotopic (exact) mass is 325 g/mol. The van der Waals surface area contributed by atoms with E-state index in [1.54, 1.807) is 18.6 Å². The first-order chi connectivity index (χ1) is 11.5. The molecule has 126 valence electrons. The average Bonchev–Trinajstić information content (AvgIpc) is 2.60. The summed E-state index contributed by atoms with van der Waals surface area (Å²) in [6.45, 7) is 9.03. The number of nitrogens with one attached hydrogen (secondary N) is 1. The fourth-order valence-electron chi connectivity index (χ4n) is 2.88. The van der Waals surface area contributed by atoms with Gasteiger partial charge in [-0.1, -0.05) is 6.07 Å². The van der Waals surface area contributed by atoms with Gasteiger partial charge in [-0.3, -0.25) is 4.98 Å². The van der Waals surface area contributed by atoms with E-state index in [1.807, 2.05) is 17.9 Å². The van der Waals surface area contributed by atoms with Crippen LogP contribution in [0.5, 0.6) is 0 Å². The van der Waals surface area contributed by atoms with E-state index in [-0.39, 0.29) is 6.03 Å². The third kappa shape index (κ3) is 3.48. The van der Waals surface area contributed by atoms with Crippen molar-refractivity contribution in [3.05, 3.63) is 47.4 Å². The van der Waals surface area contributed by atoms with E-state index in [0.29, 0.717) is 13.1 Å². The van der Waals surface area contributed by atoms with Crippen molar-refractivity contribution in [2.24, 2.45) is 0 Å².